The number of benzene rings is 8. The standard InChI is InChI=1S/C68H74N2/c1-63(2,3)44-18-26-48(27-19-44)69(49-28-20-45(21-29-49)64(4,5)6)52-34-37-54-43(39-52)17-36-56-58-42-60-57(41-61(58)68(15,16)62(54)56)55-38-35-53(40-59(55)67(60,13)14)70(50-30-22-46(23-31-50)65(7,8)9)51-32-24-47(25-33-51)66(10,11)12/h17-42H,1-16H3. The van der Waals surface area contributed by atoms with Crippen LogP contribution in [0.25, 0.3) is 33.0 Å². The SMILES string of the molecule is CC(C)(C)c1ccc(N(c2ccc(C(C)(C)C)cc2)c2ccc3c(c2)C(C)(C)c2cc4c(cc2-3)C(C)(C)c2c-4ccc3cc(N(c4ccc(C(C)(C)C)cc4)c4ccc(C(C)(C)C)cc4)ccc23)cc1. The quantitative estimate of drug-likeness (QED) is 0.164. The van der Waals surface area contributed by atoms with Crippen molar-refractivity contribution in [3.05, 3.63) is 202 Å². The lowest BCUT2D eigenvalue weighted by molar-refractivity contribution is 0.590. The lowest BCUT2D eigenvalue weighted by Gasteiger charge is -2.29. The molecule has 0 fully saturated rings. The molecule has 0 saturated heterocycles. The molecule has 0 heterocycles. The van der Waals surface area contributed by atoms with Gasteiger partial charge in [-0.15, -0.1) is 0 Å². The molecule has 0 atom stereocenters. The smallest absolute Gasteiger partial charge is 0.0468 e. The van der Waals surface area contributed by atoms with Gasteiger partial charge < -0.3 is 9.80 Å². The van der Waals surface area contributed by atoms with Gasteiger partial charge in [-0.05, 0) is 184 Å². The number of fused-ring (bicyclic) bond motifs is 8. The van der Waals surface area contributed by atoms with Crippen molar-refractivity contribution in [1.82, 2.24) is 0 Å². The van der Waals surface area contributed by atoms with Crippen LogP contribution in [0.4, 0.5) is 34.1 Å². The summed E-state index contributed by atoms with van der Waals surface area (Å²) in [6.45, 7) is 37.2. The van der Waals surface area contributed by atoms with Gasteiger partial charge in [0.25, 0.3) is 0 Å². The van der Waals surface area contributed by atoms with E-state index in [-0.39, 0.29) is 32.5 Å². The van der Waals surface area contributed by atoms with Gasteiger partial charge in [0.15, 0.2) is 0 Å². The van der Waals surface area contributed by atoms with Gasteiger partial charge in [-0.2, -0.15) is 0 Å². The summed E-state index contributed by atoms with van der Waals surface area (Å²) in [6.07, 6.45) is 0. The second kappa shape index (κ2) is 16.1. The summed E-state index contributed by atoms with van der Waals surface area (Å²) < 4.78 is 0. The molecule has 0 spiro atoms. The van der Waals surface area contributed by atoms with Gasteiger partial charge in [0.2, 0.25) is 0 Å². The minimum atomic E-state index is -0.203. The fraction of sp³-hybridized carbons (Fsp3) is 0.324. The molecule has 8 aromatic rings. The highest BCUT2D eigenvalue weighted by atomic mass is 15.1. The van der Waals surface area contributed by atoms with Gasteiger partial charge in [-0.25, -0.2) is 0 Å². The number of hydrogen-bond donors (Lipinski definition) is 0. The second-order valence-corrected chi connectivity index (χ2v) is 25.7. The average Bonchev–Trinajstić information content (AvgIpc) is 3.66. The number of hydrogen-bond acceptors (Lipinski definition) is 2. The highest BCUT2D eigenvalue weighted by Crippen LogP contribution is 2.58. The molecule has 0 aromatic heterocycles. The van der Waals surface area contributed by atoms with Crippen LogP contribution in [-0.4, -0.2) is 0 Å². The van der Waals surface area contributed by atoms with E-state index in [1.54, 1.807) is 0 Å². The number of rotatable bonds is 6. The van der Waals surface area contributed by atoms with Crippen LogP contribution < -0.4 is 9.80 Å². The van der Waals surface area contributed by atoms with E-state index in [2.05, 4.69) is 278 Å². The summed E-state index contributed by atoms with van der Waals surface area (Å²) >= 11 is 0. The average molecular weight is 919 g/mol. The van der Waals surface area contributed by atoms with Crippen molar-refractivity contribution in [3.63, 3.8) is 0 Å². The summed E-state index contributed by atoms with van der Waals surface area (Å²) in [6, 6.07) is 61.0. The van der Waals surface area contributed by atoms with Gasteiger partial charge >= 0.3 is 0 Å². The molecule has 0 aliphatic heterocycles. The van der Waals surface area contributed by atoms with E-state index in [1.807, 2.05) is 0 Å². The minimum Gasteiger partial charge on any atom is -0.310 e. The Labute approximate surface area is 420 Å². The van der Waals surface area contributed by atoms with Crippen LogP contribution in [0.1, 0.15) is 155 Å². The Hall–Kier alpha value is -6.38. The molecule has 0 unspecified atom stereocenters. The van der Waals surface area contributed by atoms with Crippen molar-refractivity contribution < 1.29 is 0 Å². The van der Waals surface area contributed by atoms with E-state index in [0.717, 1.165) is 17.1 Å². The molecule has 2 aliphatic carbocycles. The van der Waals surface area contributed by atoms with Crippen LogP contribution in [0, 0.1) is 0 Å². The first-order valence-corrected chi connectivity index (χ1v) is 25.7. The van der Waals surface area contributed by atoms with E-state index >= 15 is 0 Å². The van der Waals surface area contributed by atoms with Crippen molar-refractivity contribution in [1.29, 1.82) is 0 Å². The summed E-state index contributed by atoms with van der Waals surface area (Å²) in [7, 11) is 0. The molecule has 0 saturated carbocycles. The van der Waals surface area contributed by atoms with Gasteiger partial charge in [0.05, 0.1) is 0 Å². The van der Waals surface area contributed by atoms with Crippen molar-refractivity contribution in [3.8, 4) is 22.3 Å². The molecule has 356 valence electrons. The van der Waals surface area contributed by atoms with Crippen molar-refractivity contribution in [2.24, 2.45) is 0 Å². The molecule has 2 nitrogen and oxygen atoms in total. The van der Waals surface area contributed by atoms with E-state index in [9.17, 15) is 0 Å². The third kappa shape index (κ3) is 7.96. The van der Waals surface area contributed by atoms with Crippen LogP contribution in [0.5, 0.6) is 0 Å². The Balaban J connectivity index is 1.04. The molecule has 70 heavy (non-hydrogen) atoms. The Bertz CT molecular complexity index is 3180. The van der Waals surface area contributed by atoms with Crippen LogP contribution >= 0.6 is 0 Å². The molecule has 0 amide bonds. The first kappa shape index (κ1) is 47.3. The zero-order chi connectivity index (χ0) is 50.1. The first-order valence-electron chi connectivity index (χ1n) is 25.7. The Morgan fingerprint density at radius 1 is 0.286 bits per heavy atom. The summed E-state index contributed by atoms with van der Waals surface area (Å²) in [5.74, 6) is 0. The van der Waals surface area contributed by atoms with Crippen LogP contribution in [0.3, 0.4) is 0 Å². The van der Waals surface area contributed by atoms with Crippen molar-refractivity contribution >= 4 is 44.9 Å². The summed E-state index contributed by atoms with van der Waals surface area (Å²) in [4.78, 5) is 4.87. The molecule has 0 N–H and O–H groups in total. The van der Waals surface area contributed by atoms with Crippen LogP contribution in [0.2, 0.25) is 0 Å². The Morgan fingerprint density at radius 2 is 0.600 bits per heavy atom. The largest absolute Gasteiger partial charge is 0.310 e. The highest BCUT2D eigenvalue weighted by Gasteiger charge is 2.43. The molecule has 8 aromatic carbocycles. The third-order valence-corrected chi connectivity index (χ3v) is 15.9. The van der Waals surface area contributed by atoms with Crippen LogP contribution in [-0.2, 0) is 32.5 Å². The summed E-state index contributed by atoms with van der Waals surface area (Å²) in [5, 5.41) is 2.58. The maximum Gasteiger partial charge on any atom is 0.0468 e. The van der Waals surface area contributed by atoms with Gasteiger partial charge in [0.1, 0.15) is 0 Å². The van der Waals surface area contributed by atoms with Gasteiger partial charge in [-0.3, -0.25) is 0 Å². The summed E-state index contributed by atoms with van der Waals surface area (Å²) in [5.41, 5.74) is 23.3. The highest BCUT2D eigenvalue weighted by molar-refractivity contribution is 6.01. The fourth-order valence-corrected chi connectivity index (χ4v) is 11.5. The predicted molar refractivity (Wildman–Crippen MR) is 303 cm³/mol. The maximum absolute atomic E-state index is 2.55. The lowest BCUT2D eigenvalue weighted by Crippen LogP contribution is -2.18. The maximum atomic E-state index is 2.55. The van der Waals surface area contributed by atoms with E-state index in [0.29, 0.717) is 0 Å². The van der Waals surface area contributed by atoms with E-state index in [4.69, 9.17) is 0 Å². The second-order valence-electron chi connectivity index (χ2n) is 25.7. The van der Waals surface area contributed by atoms with Gasteiger partial charge in [0, 0.05) is 45.0 Å². The van der Waals surface area contributed by atoms with Crippen molar-refractivity contribution in [2.45, 2.75) is 143 Å². The first-order chi connectivity index (χ1) is 32.7. The zero-order valence-corrected chi connectivity index (χ0v) is 44.9. The molecule has 10 rings (SSSR count). The molecule has 0 bridgehead atoms. The molecule has 2 aliphatic rings. The third-order valence-electron chi connectivity index (χ3n) is 15.9. The zero-order valence-electron chi connectivity index (χ0n) is 44.9. The van der Waals surface area contributed by atoms with E-state index < -0.39 is 0 Å². The number of nitrogens with zero attached hydrogens (tertiary/aromatic N) is 2. The normalized spacial score (nSPS) is 14.8. The van der Waals surface area contributed by atoms with Crippen LogP contribution in [0.15, 0.2) is 158 Å². The predicted octanol–water partition coefficient (Wildman–Crippen LogP) is 19.6. The van der Waals surface area contributed by atoms with Gasteiger partial charge in [-0.1, -0.05) is 184 Å². The molecule has 0 radical (unpaired) electrons. The minimum absolute atomic E-state index is 0.0779. The topological polar surface area (TPSA) is 6.48 Å². The molecular weight excluding hydrogens is 845 g/mol. The monoisotopic (exact) mass is 919 g/mol. The fourth-order valence-electron chi connectivity index (χ4n) is 11.5. The molecule has 2 heteroatoms. The Morgan fingerprint density at radius 3 is 1.00 bits per heavy atom. The molecular formula is C68H74N2. The lowest BCUT2D eigenvalue weighted by atomic mass is 9.78. The Kier molecular flexibility index (Phi) is 10.9. The van der Waals surface area contributed by atoms with E-state index in [1.165, 1.54) is 94.6 Å². The van der Waals surface area contributed by atoms with Crippen molar-refractivity contribution in [2.75, 3.05) is 9.80 Å². The number of anilines is 6.